The van der Waals surface area contributed by atoms with Gasteiger partial charge in [-0.15, -0.1) is 0 Å². The van der Waals surface area contributed by atoms with Crippen LogP contribution in [0.1, 0.15) is 33.6 Å². The maximum absolute atomic E-state index is 5.59. The van der Waals surface area contributed by atoms with Gasteiger partial charge in [0.2, 0.25) is 0 Å². The molecule has 0 atom stereocenters. The second kappa shape index (κ2) is 6.57. The van der Waals surface area contributed by atoms with Crippen LogP contribution in [-0.2, 0) is 8.85 Å². The van der Waals surface area contributed by atoms with Gasteiger partial charge in [0, 0.05) is 14.2 Å². The molecule has 0 radical (unpaired) electrons. The number of hydrogen-bond donors (Lipinski definition) is 0. The van der Waals surface area contributed by atoms with Gasteiger partial charge >= 0.3 is 8.56 Å². The summed E-state index contributed by atoms with van der Waals surface area (Å²) in [4.78, 5) is 0. The summed E-state index contributed by atoms with van der Waals surface area (Å²) in [5.41, 5.74) is 0. The Morgan fingerprint density at radius 2 is 1.62 bits per heavy atom. The summed E-state index contributed by atoms with van der Waals surface area (Å²) in [7, 11) is 1.79. The van der Waals surface area contributed by atoms with Crippen molar-refractivity contribution >= 4 is 8.56 Å². The van der Waals surface area contributed by atoms with Crippen molar-refractivity contribution in [2.45, 2.75) is 45.7 Å². The van der Waals surface area contributed by atoms with Crippen LogP contribution in [0.5, 0.6) is 0 Å². The van der Waals surface area contributed by atoms with Crippen molar-refractivity contribution in [3.8, 4) is 0 Å². The monoisotopic (exact) mass is 204 g/mol. The first-order valence-corrected chi connectivity index (χ1v) is 7.43. The predicted octanol–water partition coefficient (Wildman–Crippen LogP) is 3.18. The molecule has 0 fully saturated rings. The van der Waals surface area contributed by atoms with Crippen LogP contribution in [0.2, 0.25) is 12.1 Å². The fourth-order valence-electron chi connectivity index (χ4n) is 1.51. The molecule has 0 aliphatic rings. The van der Waals surface area contributed by atoms with Crippen LogP contribution >= 0.6 is 0 Å². The summed E-state index contributed by atoms with van der Waals surface area (Å²) in [5.74, 6) is 0.744. The molecule has 0 bridgehead atoms. The van der Waals surface area contributed by atoms with Gasteiger partial charge in [-0.25, -0.2) is 0 Å². The Bertz CT molecular complexity index is 122. The van der Waals surface area contributed by atoms with Crippen LogP contribution < -0.4 is 0 Å². The van der Waals surface area contributed by atoms with Gasteiger partial charge in [-0.2, -0.15) is 0 Å². The third-order valence-electron chi connectivity index (χ3n) is 2.48. The summed E-state index contributed by atoms with van der Waals surface area (Å²) in [6, 6.07) is 2.25. The van der Waals surface area contributed by atoms with Gasteiger partial charge in [-0.1, -0.05) is 27.2 Å². The van der Waals surface area contributed by atoms with Crippen molar-refractivity contribution in [3.05, 3.63) is 0 Å². The van der Waals surface area contributed by atoms with E-state index >= 15 is 0 Å². The van der Waals surface area contributed by atoms with Gasteiger partial charge in [-0.3, -0.25) is 0 Å². The van der Waals surface area contributed by atoms with Gasteiger partial charge < -0.3 is 8.85 Å². The van der Waals surface area contributed by atoms with Crippen molar-refractivity contribution in [3.63, 3.8) is 0 Å². The van der Waals surface area contributed by atoms with Crippen LogP contribution in [0.25, 0.3) is 0 Å². The molecule has 0 aromatic carbocycles. The molecule has 0 N–H and O–H groups in total. The van der Waals surface area contributed by atoms with Gasteiger partial charge in [0.1, 0.15) is 0 Å². The van der Waals surface area contributed by atoms with Crippen molar-refractivity contribution in [1.82, 2.24) is 0 Å². The molecular weight excluding hydrogens is 180 g/mol. The van der Waals surface area contributed by atoms with Crippen molar-refractivity contribution < 1.29 is 8.85 Å². The molecule has 0 spiro atoms. The summed E-state index contributed by atoms with van der Waals surface area (Å²) in [5, 5.41) is 0. The molecule has 0 aliphatic carbocycles. The zero-order valence-corrected chi connectivity index (χ0v) is 10.7. The van der Waals surface area contributed by atoms with E-state index in [9.17, 15) is 0 Å². The molecule has 0 saturated heterocycles. The standard InChI is InChI=1S/C10H24O2Si/c1-6-8-13(11-4,12-5)9-7-10(2)3/h10H,6-9H2,1-5H3. The van der Waals surface area contributed by atoms with E-state index < -0.39 is 8.56 Å². The minimum absolute atomic E-state index is 0.744. The quantitative estimate of drug-likeness (QED) is 0.593. The van der Waals surface area contributed by atoms with Crippen LogP contribution in [0.15, 0.2) is 0 Å². The second-order valence-corrected chi connectivity index (χ2v) is 7.64. The Balaban J connectivity index is 4.04. The van der Waals surface area contributed by atoms with Crippen LogP contribution in [0.4, 0.5) is 0 Å². The molecule has 0 unspecified atom stereocenters. The lowest BCUT2D eigenvalue weighted by Gasteiger charge is -2.27. The minimum atomic E-state index is -1.81. The van der Waals surface area contributed by atoms with Crippen LogP contribution in [-0.4, -0.2) is 22.8 Å². The van der Waals surface area contributed by atoms with Gasteiger partial charge in [-0.05, 0) is 24.4 Å². The molecule has 0 aromatic rings. The number of rotatable bonds is 7. The Kier molecular flexibility index (Phi) is 6.64. The van der Waals surface area contributed by atoms with E-state index in [1.165, 1.54) is 6.42 Å². The Morgan fingerprint density at radius 3 is 1.92 bits per heavy atom. The first-order valence-electron chi connectivity index (χ1n) is 5.20. The van der Waals surface area contributed by atoms with Gasteiger partial charge in [0.25, 0.3) is 0 Å². The van der Waals surface area contributed by atoms with E-state index in [4.69, 9.17) is 8.85 Å². The molecule has 0 heterocycles. The zero-order chi connectivity index (χ0) is 10.3. The largest absolute Gasteiger partial charge is 0.398 e. The molecule has 0 rings (SSSR count). The summed E-state index contributed by atoms with van der Waals surface area (Å²) < 4.78 is 11.2. The van der Waals surface area contributed by atoms with Gasteiger partial charge in [0.15, 0.2) is 0 Å². The minimum Gasteiger partial charge on any atom is -0.398 e. The molecule has 80 valence electrons. The third-order valence-corrected chi connectivity index (χ3v) is 6.28. The smallest absolute Gasteiger partial charge is 0.337 e. The topological polar surface area (TPSA) is 18.5 Å². The molecular formula is C10H24O2Si. The van der Waals surface area contributed by atoms with E-state index in [2.05, 4.69) is 20.8 Å². The summed E-state index contributed by atoms with van der Waals surface area (Å²) in [6.45, 7) is 6.68. The van der Waals surface area contributed by atoms with Gasteiger partial charge in [0.05, 0.1) is 0 Å². The lowest BCUT2D eigenvalue weighted by Crippen LogP contribution is -2.39. The van der Waals surface area contributed by atoms with E-state index in [1.807, 2.05) is 0 Å². The van der Waals surface area contributed by atoms with Crippen molar-refractivity contribution in [1.29, 1.82) is 0 Å². The first-order chi connectivity index (χ1) is 6.10. The fraction of sp³-hybridized carbons (Fsp3) is 1.00. The average Bonchev–Trinajstić information content (AvgIpc) is 2.12. The van der Waals surface area contributed by atoms with Crippen LogP contribution in [0.3, 0.4) is 0 Å². The SMILES string of the molecule is CCC[Si](CCC(C)C)(OC)OC. The highest BCUT2D eigenvalue weighted by Gasteiger charge is 2.33. The molecule has 2 nitrogen and oxygen atoms in total. The maximum Gasteiger partial charge on any atom is 0.337 e. The lowest BCUT2D eigenvalue weighted by molar-refractivity contribution is 0.238. The average molecular weight is 204 g/mol. The number of hydrogen-bond acceptors (Lipinski definition) is 2. The highest BCUT2D eigenvalue weighted by atomic mass is 28.4. The zero-order valence-electron chi connectivity index (χ0n) is 9.72. The van der Waals surface area contributed by atoms with Crippen LogP contribution in [0, 0.1) is 5.92 Å². The van der Waals surface area contributed by atoms with Crippen molar-refractivity contribution in [2.24, 2.45) is 5.92 Å². The lowest BCUT2D eigenvalue weighted by atomic mass is 10.2. The van der Waals surface area contributed by atoms with E-state index in [0.717, 1.165) is 24.4 Å². The molecule has 0 aliphatic heterocycles. The highest BCUT2D eigenvalue weighted by Crippen LogP contribution is 2.23. The summed E-state index contributed by atoms with van der Waals surface area (Å²) in [6.07, 6.45) is 2.37. The summed E-state index contributed by atoms with van der Waals surface area (Å²) >= 11 is 0. The predicted molar refractivity (Wildman–Crippen MR) is 59.1 cm³/mol. The normalized spacial score (nSPS) is 12.5. The molecule has 13 heavy (non-hydrogen) atoms. The molecule has 0 aromatic heterocycles. The van der Waals surface area contributed by atoms with E-state index in [0.29, 0.717) is 0 Å². The third kappa shape index (κ3) is 4.79. The highest BCUT2D eigenvalue weighted by molar-refractivity contribution is 6.67. The maximum atomic E-state index is 5.59. The molecule has 0 amide bonds. The fourth-order valence-corrected chi connectivity index (χ4v) is 4.52. The second-order valence-electron chi connectivity index (χ2n) is 4.00. The Morgan fingerprint density at radius 1 is 1.08 bits per heavy atom. The molecule has 3 heteroatoms. The van der Waals surface area contributed by atoms with E-state index in [-0.39, 0.29) is 0 Å². The van der Waals surface area contributed by atoms with Crippen molar-refractivity contribution in [2.75, 3.05) is 14.2 Å². The molecule has 0 saturated carbocycles. The Hall–Kier alpha value is 0.137. The Labute approximate surface area is 83.9 Å². The first kappa shape index (κ1) is 13.1. The van der Waals surface area contributed by atoms with E-state index in [1.54, 1.807) is 14.2 Å².